The summed E-state index contributed by atoms with van der Waals surface area (Å²) in [6, 6.07) is 10.7. The van der Waals surface area contributed by atoms with Gasteiger partial charge in [-0.05, 0) is 17.5 Å². The van der Waals surface area contributed by atoms with Crippen LogP contribution in [0.5, 0.6) is 0 Å². The minimum absolute atomic E-state index is 0.0801. The van der Waals surface area contributed by atoms with Crippen molar-refractivity contribution in [3.8, 4) is 10.8 Å². The first-order valence-corrected chi connectivity index (χ1v) is 8.57. The second kappa shape index (κ2) is 6.89. The number of carbonyl (C=O) groups excluding carboxylic acids is 1. The quantitative estimate of drug-likeness (QED) is 0.538. The predicted octanol–water partition coefficient (Wildman–Crippen LogP) is 2.32. The molecular weight excluding hydrogens is 356 g/mol. The summed E-state index contributed by atoms with van der Waals surface area (Å²) in [6.07, 6.45) is -0.0801. The van der Waals surface area contributed by atoms with E-state index in [0.29, 0.717) is 22.4 Å². The van der Waals surface area contributed by atoms with Crippen LogP contribution in [0.3, 0.4) is 0 Å². The van der Waals surface area contributed by atoms with Gasteiger partial charge >= 0.3 is 5.97 Å². The number of aromatic nitrogens is 4. The van der Waals surface area contributed by atoms with Crippen LogP contribution in [0.2, 0.25) is 0 Å². The van der Waals surface area contributed by atoms with Crippen LogP contribution in [0.1, 0.15) is 11.6 Å². The van der Waals surface area contributed by atoms with Crippen molar-refractivity contribution in [2.45, 2.75) is 13.0 Å². The van der Waals surface area contributed by atoms with Crippen molar-refractivity contribution in [2.24, 2.45) is 0 Å². The highest BCUT2D eigenvalue weighted by Crippen LogP contribution is 2.23. The Morgan fingerprint density at radius 1 is 1.15 bits per heavy atom. The van der Waals surface area contributed by atoms with Gasteiger partial charge < -0.3 is 9.15 Å². The van der Waals surface area contributed by atoms with E-state index in [-0.39, 0.29) is 24.5 Å². The number of carbonyl (C=O) groups is 1. The number of nitrogens with one attached hydrogen (secondary N) is 1. The van der Waals surface area contributed by atoms with Crippen molar-refractivity contribution in [1.82, 2.24) is 20.4 Å². The molecule has 0 spiro atoms. The molecule has 1 aromatic carbocycles. The first-order chi connectivity index (χ1) is 12.7. The zero-order chi connectivity index (χ0) is 17.9. The van der Waals surface area contributed by atoms with E-state index in [1.165, 1.54) is 11.3 Å². The fourth-order valence-electron chi connectivity index (χ4n) is 2.45. The minimum atomic E-state index is -0.509. The molecule has 0 saturated heterocycles. The van der Waals surface area contributed by atoms with Crippen molar-refractivity contribution in [1.29, 1.82) is 0 Å². The van der Waals surface area contributed by atoms with Gasteiger partial charge in [-0.25, -0.2) is 5.10 Å². The van der Waals surface area contributed by atoms with Crippen LogP contribution in [0.25, 0.3) is 21.5 Å². The molecule has 3 aromatic heterocycles. The Balaban J connectivity index is 1.44. The number of ether oxygens (including phenoxy) is 1. The standard InChI is InChI=1S/C17H12N4O4S/c22-15(8-12-10-4-1-2-5-11(10)16(23)20-18-12)24-9-14-19-21-17(25-14)13-6-3-7-26-13/h1-7H,8-9H2,(H,20,23). The van der Waals surface area contributed by atoms with Crippen molar-refractivity contribution in [2.75, 3.05) is 0 Å². The Kier molecular flexibility index (Phi) is 4.28. The van der Waals surface area contributed by atoms with Gasteiger partial charge in [0.1, 0.15) is 0 Å². The molecule has 26 heavy (non-hydrogen) atoms. The fraction of sp³-hybridized carbons (Fsp3) is 0.118. The third-order valence-electron chi connectivity index (χ3n) is 3.64. The molecule has 0 fully saturated rings. The van der Waals surface area contributed by atoms with E-state index in [2.05, 4.69) is 20.4 Å². The lowest BCUT2D eigenvalue weighted by Gasteiger charge is -2.04. The average molecular weight is 368 g/mol. The van der Waals surface area contributed by atoms with Crippen LogP contribution in [-0.4, -0.2) is 26.4 Å². The van der Waals surface area contributed by atoms with E-state index in [4.69, 9.17) is 9.15 Å². The monoisotopic (exact) mass is 368 g/mol. The SMILES string of the molecule is O=C(Cc1n[nH]c(=O)c2ccccc12)OCc1nnc(-c2cccs2)o1. The maximum atomic E-state index is 12.1. The van der Waals surface area contributed by atoms with Gasteiger partial charge in [0.25, 0.3) is 17.3 Å². The second-order valence-corrected chi connectivity index (χ2v) is 6.31. The van der Waals surface area contributed by atoms with Crippen molar-refractivity contribution < 1.29 is 13.9 Å². The molecule has 4 aromatic rings. The second-order valence-electron chi connectivity index (χ2n) is 5.36. The molecule has 1 N–H and O–H groups in total. The number of nitrogens with zero attached hydrogens (tertiary/aromatic N) is 3. The molecule has 4 rings (SSSR count). The molecule has 0 aliphatic heterocycles. The lowest BCUT2D eigenvalue weighted by atomic mass is 10.1. The number of rotatable bonds is 5. The van der Waals surface area contributed by atoms with Crippen LogP contribution in [0, 0.1) is 0 Å². The van der Waals surface area contributed by atoms with Crippen molar-refractivity contribution in [3.05, 3.63) is 63.7 Å². The summed E-state index contributed by atoms with van der Waals surface area (Å²) < 4.78 is 10.6. The van der Waals surface area contributed by atoms with Crippen LogP contribution >= 0.6 is 11.3 Å². The summed E-state index contributed by atoms with van der Waals surface area (Å²) in [6.45, 7) is -0.126. The Hall–Kier alpha value is -3.33. The summed E-state index contributed by atoms with van der Waals surface area (Å²) in [4.78, 5) is 24.7. The van der Waals surface area contributed by atoms with Gasteiger partial charge in [-0.3, -0.25) is 9.59 Å². The van der Waals surface area contributed by atoms with E-state index in [9.17, 15) is 9.59 Å². The number of esters is 1. The molecule has 0 bridgehead atoms. The normalized spacial score (nSPS) is 10.9. The molecule has 3 heterocycles. The first kappa shape index (κ1) is 16.2. The minimum Gasteiger partial charge on any atom is -0.455 e. The predicted molar refractivity (Wildman–Crippen MR) is 93.5 cm³/mol. The van der Waals surface area contributed by atoms with E-state index in [1.54, 1.807) is 24.3 Å². The molecule has 0 amide bonds. The van der Waals surface area contributed by atoms with Gasteiger partial charge in [-0.2, -0.15) is 5.10 Å². The number of hydrogen-bond donors (Lipinski definition) is 1. The lowest BCUT2D eigenvalue weighted by Crippen LogP contribution is -2.15. The van der Waals surface area contributed by atoms with Gasteiger partial charge in [-0.1, -0.05) is 24.3 Å². The Morgan fingerprint density at radius 3 is 2.81 bits per heavy atom. The van der Waals surface area contributed by atoms with E-state index < -0.39 is 5.97 Å². The molecule has 0 unspecified atom stereocenters. The number of benzene rings is 1. The molecule has 0 aliphatic carbocycles. The highest BCUT2D eigenvalue weighted by atomic mass is 32.1. The largest absolute Gasteiger partial charge is 0.455 e. The van der Waals surface area contributed by atoms with Gasteiger partial charge in [0, 0.05) is 5.39 Å². The van der Waals surface area contributed by atoms with E-state index in [0.717, 1.165) is 4.88 Å². The number of thiophene rings is 1. The zero-order valence-electron chi connectivity index (χ0n) is 13.3. The fourth-order valence-corrected chi connectivity index (χ4v) is 3.09. The summed E-state index contributed by atoms with van der Waals surface area (Å²) >= 11 is 1.48. The van der Waals surface area contributed by atoms with Crippen LogP contribution in [0.4, 0.5) is 0 Å². The Labute approximate surface area is 150 Å². The molecule has 0 radical (unpaired) electrons. The zero-order valence-corrected chi connectivity index (χ0v) is 14.2. The lowest BCUT2D eigenvalue weighted by molar-refractivity contribution is -0.144. The van der Waals surface area contributed by atoms with Crippen LogP contribution in [-0.2, 0) is 22.6 Å². The number of hydrogen-bond acceptors (Lipinski definition) is 8. The molecular formula is C17H12N4O4S. The third kappa shape index (κ3) is 3.24. The van der Waals surface area contributed by atoms with Gasteiger partial charge in [0.15, 0.2) is 6.61 Å². The highest BCUT2D eigenvalue weighted by molar-refractivity contribution is 7.13. The van der Waals surface area contributed by atoms with Gasteiger partial charge in [0.05, 0.1) is 22.4 Å². The maximum Gasteiger partial charge on any atom is 0.312 e. The molecule has 0 aliphatic rings. The van der Waals surface area contributed by atoms with Crippen molar-refractivity contribution >= 4 is 28.1 Å². The van der Waals surface area contributed by atoms with Crippen molar-refractivity contribution in [3.63, 3.8) is 0 Å². The van der Waals surface area contributed by atoms with Crippen LogP contribution < -0.4 is 5.56 Å². The highest BCUT2D eigenvalue weighted by Gasteiger charge is 2.14. The average Bonchev–Trinajstić information content (AvgIpc) is 3.34. The van der Waals surface area contributed by atoms with E-state index in [1.807, 2.05) is 17.5 Å². The molecule has 8 nitrogen and oxygen atoms in total. The maximum absolute atomic E-state index is 12.1. The number of aromatic amines is 1. The van der Waals surface area contributed by atoms with Gasteiger partial charge in [-0.15, -0.1) is 21.5 Å². The summed E-state index contributed by atoms with van der Waals surface area (Å²) in [5.41, 5.74) is 0.139. The topological polar surface area (TPSA) is 111 Å². The smallest absolute Gasteiger partial charge is 0.312 e. The molecule has 9 heteroatoms. The van der Waals surface area contributed by atoms with E-state index >= 15 is 0 Å². The molecule has 130 valence electrons. The molecule has 0 saturated carbocycles. The van der Waals surface area contributed by atoms with Crippen LogP contribution in [0.15, 0.2) is 51.0 Å². The Morgan fingerprint density at radius 2 is 2.00 bits per heavy atom. The third-order valence-corrected chi connectivity index (χ3v) is 4.50. The summed E-state index contributed by atoms with van der Waals surface area (Å²) in [5, 5.41) is 17.1. The summed E-state index contributed by atoms with van der Waals surface area (Å²) in [7, 11) is 0. The number of H-pyrrole nitrogens is 1. The van der Waals surface area contributed by atoms with Gasteiger partial charge in [0.2, 0.25) is 0 Å². The molecule has 0 atom stereocenters. The Bertz CT molecular complexity index is 1120. The first-order valence-electron chi connectivity index (χ1n) is 7.69. The summed E-state index contributed by atoms with van der Waals surface area (Å²) in [5.74, 6) is 0.0888. The number of fused-ring (bicyclic) bond motifs is 1.